The van der Waals surface area contributed by atoms with Crippen LogP contribution < -0.4 is 5.73 Å². The highest BCUT2D eigenvalue weighted by Crippen LogP contribution is 2.30. The molecule has 0 spiro atoms. The van der Waals surface area contributed by atoms with E-state index in [2.05, 4.69) is 15.1 Å². The van der Waals surface area contributed by atoms with Gasteiger partial charge in [0.2, 0.25) is 0 Å². The van der Waals surface area contributed by atoms with Crippen molar-refractivity contribution in [2.75, 3.05) is 5.73 Å². The fourth-order valence-electron chi connectivity index (χ4n) is 3.70. The summed E-state index contributed by atoms with van der Waals surface area (Å²) in [6.45, 7) is 1.89. The summed E-state index contributed by atoms with van der Waals surface area (Å²) in [7, 11) is 0. The van der Waals surface area contributed by atoms with Gasteiger partial charge in [0, 0.05) is 5.57 Å². The molecule has 0 bridgehead atoms. The number of nitrogens with one attached hydrogen (secondary N) is 1. The van der Waals surface area contributed by atoms with E-state index in [0.29, 0.717) is 17.6 Å². The second kappa shape index (κ2) is 6.81. The molecule has 0 aliphatic heterocycles. The Morgan fingerprint density at radius 2 is 2.00 bits per heavy atom. The van der Waals surface area contributed by atoms with Gasteiger partial charge in [0.05, 0.1) is 28.5 Å². The van der Waals surface area contributed by atoms with Gasteiger partial charge in [-0.3, -0.25) is 4.79 Å². The number of carbonyl (C=O) groups excluding carboxylic acids is 1. The standard InChI is InChI=1S/C23H18FN5O/c1-13-27-20-9-8-18(11-21(20)28-13)29-23(25)19(12-26-29)22(30)16-3-2-15(10-16)14-4-6-17(24)7-5-14/h2,4-12H,3,25H2,1H3,(H,27,28). The third-order valence-corrected chi connectivity index (χ3v) is 5.22. The van der Waals surface area contributed by atoms with Gasteiger partial charge in [0.25, 0.3) is 0 Å². The highest BCUT2D eigenvalue weighted by atomic mass is 19.1. The normalized spacial score (nSPS) is 13.5. The lowest BCUT2D eigenvalue weighted by atomic mass is 10.0. The Labute approximate surface area is 171 Å². The Morgan fingerprint density at radius 3 is 2.80 bits per heavy atom. The van der Waals surface area contributed by atoms with E-state index >= 15 is 0 Å². The quantitative estimate of drug-likeness (QED) is 0.499. The predicted molar refractivity (Wildman–Crippen MR) is 114 cm³/mol. The molecule has 0 amide bonds. The molecule has 0 fully saturated rings. The molecule has 0 atom stereocenters. The van der Waals surface area contributed by atoms with Gasteiger partial charge >= 0.3 is 0 Å². The van der Waals surface area contributed by atoms with Gasteiger partial charge in [-0.1, -0.05) is 18.2 Å². The Bertz CT molecular complexity index is 1360. The molecule has 6 nitrogen and oxygen atoms in total. The third-order valence-electron chi connectivity index (χ3n) is 5.22. The first kappa shape index (κ1) is 18.1. The molecular weight excluding hydrogens is 381 g/mol. The van der Waals surface area contributed by atoms with E-state index in [-0.39, 0.29) is 17.4 Å². The number of H-pyrrole nitrogens is 1. The number of fused-ring (bicyclic) bond motifs is 1. The molecule has 1 aliphatic rings. The van der Waals surface area contributed by atoms with Gasteiger partial charge in [0.1, 0.15) is 17.5 Å². The van der Waals surface area contributed by atoms with Crippen LogP contribution >= 0.6 is 0 Å². The van der Waals surface area contributed by atoms with Crippen molar-refractivity contribution in [2.24, 2.45) is 0 Å². The first-order valence-electron chi connectivity index (χ1n) is 9.51. The number of imidazole rings is 1. The highest BCUT2D eigenvalue weighted by molar-refractivity contribution is 6.13. The number of carbonyl (C=O) groups is 1. The smallest absolute Gasteiger partial charge is 0.194 e. The van der Waals surface area contributed by atoms with Gasteiger partial charge in [0.15, 0.2) is 5.78 Å². The fourth-order valence-corrected chi connectivity index (χ4v) is 3.70. The van der Waals surface area contributed by atoms with Crippen molar-refractivity contribution < 1.29 is 9.18 Å². The minimum absolute atomic E-state index is 0.162. The van der Waals surface area contributed by atoms with Gasteiger partial charge in [-0.15, -0.1) is 0 Å². The number of allylic oxidation sites excluding steroid dienone is 4. The minimum Gasteiger partial charge on any atom is -0.383 e. The Balaban J connectivity index is 1.44. The number of Topliss-reactive ketones (excluding diaryl/α,β-unsaturated/α-hetero) is 1. The van der Waals surface area contributed by atoms with Gasteiger partial charge in [-0.05, 0) is 60.9 Å². The summed E-state index contributed by atoms with van der Waals surface area (Å²) in [5.74, 6) is 0.655. The van der Waals surface area contributed by atoms with Crippen LogP contribution in [0.1, 0.15) is 28.2 Å². The van der Waals surface area contributed by atoms with Crippen LogP contribution in [0.4, 0.5) is 10.2 Å². The lowest BCUT2D eigenvalue weighted by Gasteiger charge is -2.05. The number of aromatic nitrogens is 4. The Morgan fingerprint density at radius 1 is 1.20 bits per heavy atom. The molecule has 0 unspecified atom stereocenters. The summed E-state index contributed by atoms with van der Waals surface area (Å²) in [4.78, 5) is 20.6. The molecule has 2 aromatic carbocycles. The molecule has 3 N–H and O–H groups in total. The monoisotopic (exact) mass is 399 g/mol. The lowest BCUT2D eigenvalue weighted by Crippen LogP contribution is -2.07. The van der Waals surface area contributed by atoms with Crippen molar-refractivity contribution in [3.63, 3.8) is 0 Å². The lowest BCUT2D eigenvalue weighted by molar-refractivity contribution is 0.103. The maximum absolute atomic E-state index is 13.2. The Hall–Kier alpha value is -4.00. The van der Waals surface area contributed by atoms with Crippen molar-refractivity contribution >= 4 is 28.2 Å². The summed E-state index contributed by atoms with van der Waals surface area (Å²) in [6.07, 6.45) is 5.77. The van der Waals surface area contributed by atoms with E-state index in [1.165, 1.54) is 18.3 Å². The van der Waals surface area contributed by atoms with Crippen molar-refractivity contribution in [3.05, 3.63) is 89.2 Å². The van der Waals surface area contributed by atoms with E-state index < -0.39 is 0 Å². The van der Waals surface area contributed by atoms with Crippen LogP contribution in [0.15, 0.2) is 66.4 Å². The van der Waals surface area contributed by atoms with Crippen LogP contribution in [-0.2, 0) is 0 Å². The summed E-state index contributed by atoms with van der Waals surface area (Å²) < 4.78 is 14.7. The van der Waals surface area contributed by atoms with E-state index in [4.69, 9.17) is 5.73 Å². The summed E-state index contributed by atoms with van der Waals surface area (Å²) >= 11 is 0. The largest absolute Gasteiger partial charge is 0.383 e. The molecule has 7 heteroatoms. The molecule has 0 saturated carbocycles. The van der Waals surface area contributed by atoms with E-state index in [0.717, 1.165) is 33.7 Å². The highest BCUT2D eigenvalue weighted by Gasteiger charge is 2.22. The maximum Gasteiger partial charge on any atom is 0.194 e. The number of anilines is 1. The summed E-state index contributed by atoms with van der Waals surface area (Å²) in [5, 5.41) is 4.33. The number of nitrogens with two attached hydrogens (primary N) is 1. The topological polar surface area (TPSA) is 89.6 Å². The molecule has 2 aromatic heterocycles. The minimum atomic E-state index is -0.290. The number of benzene rings is 2. The average Bonchev–Trinajstić information content (AvgIpc) is 3.45. The SMILES string of the molecule is Cc1nc2ccc(-n3ncc(C(=O)C4=CC(c5ccc(F)cc5)=CC4)c3N)cc2[nH]1. The number of nitrogen functional groups attached to an aromatic ring is 1. The van der Waals surface area contributed by atoms with Gasteiger partial charge in [-0.2, -0.15) is 5.10 Å². The molecule has 0 saturated heterocycles. The number of halogens is 1. The molecule has 148 valence electrons. The van der Waals surface area contributed by atoms with Crippen molar-refractivity contribution in [1.82, 2.24) is 19.7 Å². The molecule has 30 heavy (non-hydrogen) atoms. The first-order valence-corrected chi connectivity index (χ1v) is 9.51. The maximum atomic E-state index is 13.2. The summed E-state index contributed by atoms with van der Waals surface area (Å²) in [6, 6.07) is 11.9. The fraction of sp³-hybridized carbons (Fsp3) is 0.0870. The third kappa shape index (κ3) is 3.00. The second-order valence-electron chi connectivity index (χ2n) is 7.25. The van der Waals surface area contributed by atoms with E-state index in [1.807, 2.05) is 37.3 Å². The van der Waals surface area contributed by atoms with Crippen LogP contribution in [0.3, 0.4) is 0 Å². The molecule has 0 radical (unpaired) electrons. The zero-order valence-electron chi connectivity index (χ0n) is 16.2. The van der Waals surface area contributed by atoms with E-state index in [1.54, 1.807) is 16.8 Å². The Kier molecular flexibility index (Phi) is 4.10. The number of rotatable bonds is 4. The number of aryl methyl sites for hydroxylation is 1. The number of aromatic amines is 1. The van der Waals surface area contributed by atoms with Gasteiger partial charge < -0.3 is 10.7 Å². The molecular formula is C23H18FN5O. The average molecular weight is 399 g/mol. The van der Waals surface area contributed by atoms with Gasteiger partial charge in [-0.25, -0.2) is 14.1 Å². The van der Waals surface area contributed by atoms with Crippen LogP contribution in [0.2, 0.25) is 0 Å². The number of ketones is 1. The molecule has 2 heterocycles. The van der Waals surface area contributed by atoms with Crippen molar-refractivity contribution in [1.29, 1.82) is 0 Å². The number of hydrogen-bond donors (Lipinski definition) is 2. The first-order chi connectivity index (χ1) is 14.5. The molecule has 1 aliphatic carbocycles. The van der Waals surface area contributed by atoms with Crippen LogP contribution in [0.25, 0.3) is 22.3 Å². The second-order valence-corrected chi connectivity index (χ2v) is 7.25. The molecule has 4 aromatic rings. The van der Waals surface area contributed by atoms with E-state index in [9.17, 15) is 9.18 Å². The molecule has 5 rings (SSSR count). The van der Waals surface area contributed by atoms with Crippen molar-refractivity contribution in [3.8, 4) is 5.69 Å². The number of nitrogens with zero attached hydrogens (tertiary/aromatic N) is 3. The van der Waals surface area contributed by atoms with Crippen LogP contribution in [0, 0.1) is 12.7 Å². The zero-order valence-corrected chi connectivity index (χ0v) is 16.2. The number of hydrogen-bond acceptors (Lipinski definition) is 4. The van der Waals surface area contributed by atoms with Crippen LogP contribution in [-0.4, -0.2) is 25.5 Å². The van der Waals surface area contributed by atoms with Crippen LogP contribution in [0.5, 0.6) is 0 Å². The predicted octanol–water partition coefficient (Wildman–Crippen LogP) is 4.37. The zero-order chi connectivity index (χ0) is 20.8. The van der Waals surface area contributed by atoms with Crippen molar-refractivity contribution in [2.45, 2.75) is 13.3 Å². The summed E-state index contributed by atoms with van der Waals surface area (Å²) in [5.41, 5.74) is 11.5.